The first-order valence-corrected chi connectivity index (χ1v) is 10.7. The number of hydrogen-bond acceptors (Lipinski definition) is 4. The Hall–Kier alpha value is -1.40. The SMILES string of the molecule is CN1CCCN(CC(=O)NCC2CCN(C(=O)C3CC=CCC3)CC2)CC1. The van der Waals surface area contributed by atoms with Crippen LogP contribution in [0.3, 0.4) is 0 Å². The van der Waals surface area contributed by atoms with Crippen LogP contribution in [0.2, 0.25) is 0 Å². The number of likely N-dealkylation sites (tertiary alicyclic amines) is 1. The van der Waals surface area contributed by atoms with Crippen molar-refractivity contribution in [1.82, 2.24) is 20.0 Å². The Morgan fingerprint density at radius 3 is 2.56 bits per heavy atom. The molecule has 0 saturated carbocycles. The average Bonchev–Trinajstić information content (AvgIpc) is 2.91. The molecular formula is C21H36N4O2. The molecule has 2 aliphatic heterocycles. The molecule has 152 valence electrons. The van der Waals surface area contributed by atoms with Gasteiger partial charge in [0.15, 0.2) is 0 Å². The third-order valence-corrected chi connectivity index (χ3v) is 6.31. The van der Waals surface area contributed by atoms with Gasteiger partial charge in [0.25, 0.3) is 0 Å². The van der Waals surface area contributed by atoms with Gasteiger partial charge in [-0.25, -0.2) is 0 Å². The van der Waals surface area contributed by atoms with Crippen molar-refractivity contribution in [2.45, 2.75) is 38.5 Å². The van der Waals surface area contributed by atoms with Gasteiger partial charge in [0.2, 0.25) is 11.8 Å². The smallest absolute Gasteiger partial charge is 0.234 e. The molecule has 2 amide bonds. The maximum atomic E-state index is 12.6. The van der Waals surface area contributed by atoms with E-state index >= 15 is 0 Å². The van der Waals surface area contributed by atoms with Crippen LogP contribution in [-0.4, -0.2) is 85.9 Å². The minimum Gasteiger partial charge on any atom is -0.355 e. The third kappa shape index (κ3) is 6.32. The number of nitrogens with zero attached hydrogens (tertiary/aromatic N) is 3. The van der Waals surface area contributed by atoms with Crippen molar-refractivity contribution >= 4 is 11.8 Å². The van der Waals surface area contributed by atoms with Gasteiger partial charge in [0.1, 0.15) is 0 Å². The summed E-state index contributed by atoms with van der Waals surface area (Å²) in [6.45, 7) is 7.09. The highest BCUT2D eigenvalue weighted by molar-refractivity contribution is 5.79. The van der Waals surface area contributed by atoms with E-state index in [0.717, 1.165) is 84.3 Å². The summed E-state index contributed by atoms with van der Waals surface area (Å²) < 4.78 is 0. The lowest BCUT2D eigenvalue weighted by Crippen LogP contribution is -2.45. The summed E-state index contributed by atoms with van der Waals surface area (Å²) >= 11 is 0. The van der Waals surface area contributed by atoms with Gasteiger partial charge >= 0.3 is 0 Å². The number of piperidine rings is 1. The number of rotatable bonds is 5. The molecule has 0 aromatic heterocycles. The predicted octanol–water partition coefficient (Wildman–Crippen LogP) is 1.34. The van der Waals surface area contributed by atoms with Gasteiger partial charge in [-0.15, -0.1) is 0 Å². The summed E-state index contributed by atoms with van der Waals surface area (Å²) in [4.78, 5) is 31.5. The molecule has 1 atom stereocenters. The summed E-state index contributed by atoms with van der Waals surface area (Å²) in [6, 6.07) is 0. The molecule has 0 radical (unpaired) electrons. The second kappa shape index (κ2) is 10.2. The molecule has 0 spiro atoms. The summed E-state index contributed by atoms with van der Waals surface area (Å²) in [5.41, 5.74) is 0. The molecule has 1 aliphatic carbocycles. The lowest BCUT2D eigenvalue weighted by molar-refractivity contribution is -0.137. The van der Waals surface area contributed by atoms with E-state index in [-0.39, 0.29) is 11.8 Å². The van der Waals surface area contributed by atoms with Crippen LogP contribution >= 0.6 is 0 Å². The number of amides is 2. The van der Waals surface area contributed by atoms with Crippen LogP contribution in [0.5, 0.6) is 0 Å². The van der Waals surface area contributed by atoms with Crippen LogP contribution in [-0.2, 0) is 9.59 Å². The Bertz CT molecular complexity index is 528. The van der Waals surface area contributed by atoms with Crippen LogP contribution in [0, 0.1) is 11.8 Å². The highest BCUT2D eigenvalue weighted by Gasteiger charge is 2.28. The first-order chi connectivity index (χ1) is 13.1. The van der Waals surface area contributed by atoms with Gasteiger partial charge < -0.3 is 15.1 Å². The van der Waals surface area contributed by atoms with Crippen LogP contribution in [0.15, 0.2) is 12.2 Å². The molecule has 6 nitrogen and oxygen atoms in total. The number of hydrogen-bond donors (Lipinski definition) is 1. The highest BCUT2D eigenvalue weighted by atomic mass is 16.2. The molecule has 2 heterocycles. The maximum Gasteiger partial charge on any atom is 0.234 e. The van der Waals surface area contributed by atoms with Crippen molar-refractivity contribution in [3.05, 3.63) is 12.2 Å². The Labute approximate surface area is 163 Å². The van der Waals surface area contributed by atoms with Gasteiger partial charge in [-0.2, -0.15) is 0 Å². The van der Waals surface area contributed by atoms with Gasteiger partial charge in [-0.1, -0.05) is 12.2 Å². The number of nitrogens with one attached hydrogen (secondary N) is 1. The molecule has 0 bridgehead atoms. The Balaban J connectivity index is 1.32. The van der Waals surface area contributed by atoms with E-state index in [4.69, 9.17) is 0 Å². The van der Waals surface area contributed by atoms with E-state index in [1.165, 1.54) is 0 Å². The van der Waals surface area contributed by atoms with Crippen molar-refractivity contribution in [2.24, 2.45) is 11.8 Å². The molecule has 0 aromatic rings. The van der Waals surface area contributed by atoms with Gasteiger partial charge in [-0.05, 0) is 64.6 Å². The standard InChI is InChI=1S/C21H36N4O2/c1-23-10-5-11-24(15-14-23)17-20(26)22-16-18-8-12-25(13-9-18)21(27)19-6-3-2-4-7-19/h2-3,18-19H,4-17H2,1H3,(H,22,26). The molecule has 0 aromatic carbocycles. The van der Waals surface area contributed by atoms with Crippen molar-refractivity contribution in [2.75, 3.05) is 59.4 Å². The van der Waals surface area contributed by atoms with E-state index in [1.54, 1.807) is 0 Å². The second-order valence-corrected chi connectivity index (χ2v) is 8.49. The predicted molar refractivity (Wildman–Crippen MR) is 107 cm³/mol. The lowest BCUT2D eigenvalue weighted by Gasteiger charge is -2.34. The van der Waals surface area contributed by atoms with Crippen LogP contribution < -0.4 is 5.32 Å². The lowest BCUT2D eigenvalue weighted by atomic mass is 9.91. The fourth-order valence-corrected chi connectivity index (χ4v) is 4.41. The van der Waals surface area contributed by atoms with E-state index in [2.05, 4.69) is 39.2 Å². The topological polar surface area (TPSA) is 55.9 Å². The van der Waals surface area contributed by atoms with Crippen molar-refractivity contribution < 1.29 is 9.59 Å². The first kappa shape index (κ1) is 20.3. The van der Waals surface area contributed by atoms with Gasteiger partial charge in [0, 0.05) is 38.6 Å². The van der Waals surface area contributed by atoms with Crippen molar-refractivity contribution in [3.8, 4) is 0 Å². The Kier molecular flexibility index (Phi) is 7.70. The molecule has 6 heteroatoms. The normalized spacial score (nSPS) is 26.0. The molecular weight excluding hydrogens is 340 g/mol. The van der Waals surface area contributed by atoms with Gasteiger partial charge in [-0.3, -0.25) is 14.5 Å². The molecule has 1 N–H and O–H groups in total. The van der Waals surface area contributed by atoms with E-state index in [1.807, 2.05) is 0 Å². The minimum absolute atomic E-state index is 0.145. The summed E-state index contributed by atoms with van der Waals surface area (Å²) in [7, 11) is 2.14. The molecule has 27 heavy (non-hydrogen) atoms. The fourth-order valence-electron chi connectivity index (χ4n) is 4.41. The Morgan fingerprint density at radius 2 is 1.81 bits per heavy atom. The maximum absolute atomic E-state index is 12.6. The van der Waals surface area contributed by atoms with Gasteiger partial charge in [0.05, 0.1) is 6.54 Å². The van der Waals surface area contributed by atoms with Crippen LogP contribution in [0.1, 0.15) is 38.5 Å². The zero-order chi connectivity index (χ0) is 19.1. The Morgan fingerprint density at radius 1 is 1.00 bits per heavy atom. The largest absolute Gasteiger partial charge is 0.355 e. The number of allylic oxidation sites excluding steroid dienone is 2. The average molecular weight is 377 g/mol. The van der Waals surface area contributed by atoms with Crippen LogP contribution in [0.4, 0.5) is 0 Å². The second-order valence-electron chi connectivity index (χ2n) is 8.49. The summed E-state index contributed by atoms with van der Waals surface area (Å²) in [6.07, 6.45) is 10.4. The minimum atomic E-state index is 0.145. The van der Waals surface area contributed by atoms with E-state index < -0.39 is 0 Å². The van der Waals surface area contributed by atoms with E-state index in [9.17, 15) is 9.59 Å². The molecule has 2 saturated heterocycles. The van der Waals surface area contributed by atoms with Crippen molar-refractivity contribution in [1.29, 1.82) is 0 Å². The molecule has 3 rings (SSSR count). The number of likely N-dealkylation sites (N-methyl/N-ethyl adjacent to an activating group) is 1. The molecule has 3 aliphatic rings. The highest BCUT2D eigenvalue weighted by Crippen LogP contribution is 2.24. The van der Waals surface area contributed by atoms with Crippen LogP contribution in [0.25, 0.3) is 0 Å². The zero-order valence-corrected chi connectivity index (χ0v) is 16.9. The number of carbonyl (C=O) groups excluding carboxylic acids is 2. The molecule has 2 fully saturated rings. The van der Waals surface area contributed by atoms with E-state index in [0.29, 0.717) is 18.4 Å². The quantitative estimate of drug-likeness (QED) is 0.736. The monoisotopic (exact) mass is 376 g/mol. The zero-order valence-electron chi connectivity index (χ0n) is 16.9. The summed E-state index contributed by atoms with van der Waals surface area (Å²) in [5, 5.41) is 3.13. The fraction of sp³-hybridized carbons (Fsp3) is 0.810. The molecule has 1 unspecified atom stereocenters. The van der Waals surface area contributed by atoms with Crippen molar-refractivity contribution in [3.63, 3.8) is 0 Å². The number of carbonyl (C=O) groups is 2. The first-order valence-electron chi connectivity index (χ1n) is 10.7. The third-order valence-electron chi connectivity index (χ3n) is 6.31. The summed E-state index contributed by atoms with van der Waals surface area (Å²) in [5.74, 6) is 1.18.